The summed E-state index contributed by atoms with van der Waals surface area (Å²) in [7, 11) is -3.54. The molecule has 1 aromatic carbocycles. The fraction of sp³-hybridized carbons (Fsp3) is 0.500. The molecule has 19 heavy (non-hydrogen) atoms. The van der Waals surface area contributed by atoms with Crippen molar-refractivity contribution in [1.29, 1.82) is 0 Å². The molecule has 3 N–H and O–H groups in total. The molecule has 7 heteroatoms. The van der Waals surface area contributed by atoms with Crippen LogP contribution in [-0.4, -0.2) is 39.0 Å². The molecule has 2 rings (SSSR count). The summed E-state index contributed by atoms with van der Waals surface area (Å²) in [6, 6.07) is 5.45. The number of hydrogen-bond acceptors (Lipinski definition) is 4. The molecule has 0 unspecified atom stereocenters. The lowest BCUT2D eigenvalue weighted by Gasteiger charge is -2.27. The first-order valence-corrected chi connectivity index (χ1v) is 7.63. The Kier molecular flexibility index (Phi) is 4.41. The molecule has 0 aromatic heterocycles. The van der Waals surface area contributed by atoms with E-state index in [4.69, 9.17) is 10.5 Å². The first-order valence-electron chi connectivity index (χ1n) is 6.19. The lowest BCUT2D eigenvalue weighted by atomic mass is 10.1. The number of nitrogens with one attached hydrogen (secondary N) is 1. The van der Waals surface area contributed by atoms with Crippen LogP contribution < -0.4 is 10.5 Å². The molecule has 0 bridgehead atoms. The van der Waals surface area contributed by atoms with Gasteiger partial charge < -0.3 is 10.5 Å². The van der Waals surface area contributed by atoms with Crippen LogP contribution in [0.2, 0.25) is 0 Å². The lowest BCUT2D eigenvalue weighted by molar-refractivity contribution is 0.0733. The van der Waals surface area contributed by atoms with Crippen molar-refractivity contribution >= 4 is 15.9 Å². The molecule has 0 aliphatic carbocycles. The summed E-state index contributed by atoms with van der Waals surface area (Å²) in [5, 5.41) is 0. The van der Waals surface area contributed by atoms with Gasteiger partial charge in [-0.1, -0.05) is 12.1 Å². The third-order valence-corrected chi connectivity index (χ3v) is 4.69. The van der Waals surface area contributed by atoms with Gasteiger partial charge in [-0.15, -0.1) is 0 Å². The zero-order chi connectivity index (χ0) is 13.9. The van der Waals surface area contributed by atoms with Crippen molar-refractivity contribution in [3.05, 3.63) is 29.3 Å². The summed E-state index contributed by atoms with van der Waals surface area (Å²) < 4.78 is 33.7. The highest BCUT2D eigenvalue weighted by molar-refractivity contribution is 7.90. The van der Waals surface area contributed by atoms with Crippen LogP contribution in [0.15, 0.2) is 18.2 Å². The van der Waals surface area contributed by atoms with E-state index in [0.29, 0.717) is 38.5 Å². The lowest BCUT2D eigenvalue weighted by Crippen LogP contribution is -2.43. The van der Waals surface area contributed by atoms with Crippen molar-refractivity contribution in [3.63, 3.8) is 0 Å². The van der Waals surface area contributed by atoms with Crippen molar-refractivity contribution in [2.24, 2.45) is 5.73 Å². The molecule has 0 atom stereocenters. The second-order valence-electron chi connectivity index (χ2n) is 4.42. The molecule has 0 radical (unpaired) electrons. The quantitative estimate of drug-likeness (QED) is 0.841. The van der Waals surface area contributed by atoms with Crippen molar-refractivity contribution in [1.82, 2.24) is 4.31 Å². The second kappa shape index (κ2) is 5.87. The van der Waals surface area contributed by atoms with Gasteiger partial charge in [0.05, 0.1) is 18.9 Å². The monoisotopic (exact) mass is 285 g/mol. The Morgan fingerprint density at radius 2 is 2.05 bits per heavy atom. The molecule has 0 amide bonds. The van der Waals surface area contributed by atoms with Crippen LogP contribution in [0, 0.1) is 6.92 Å². The molecule has 1 saturated heterocycles. The first-order chi connectivity index (χ1) is 9.04. The van der Waals surface area contributed by atoms with Gasteiger partial charge in [-0.3, -0.25) is 4.72 Å². The molecule has 0 spiro atoms. The maximum absolute atomic E-state index is 12.3. The number of benzene rings is 1. The normalized spacial score (nSPS) is 17.4. The smallest absolute Gasteiger partial charge is 0.301 e. The standard InChI is InChI=1S/C12H19N3O3S/c1-10-3-2-4-12(11(10)9-13)14-19(16,17)15-5-7-18-8-6-15/h2-4,14H,5-9,13H2,1H3. The van der Waals surface area contributed by atoms with Crippen LogP contribution >= 0.6 is 0 Å². The number of rotatable bonds is 4. The molecule has 106 valence electrons. The van der Waals surface area contributed by atoms with Gasteiger partial charge in [0.25, 0.3) is 0 Å². The number of nitrogens with zero attached hydrogens (tertiary/aromatic N) is 1. The average molecular weight is 285 g/mol. The van der Waals surface area contributed by atoms with E-state index in [2.05, 4.69) is 4.72 Å². The van der Waals surface area contributed by atoms with E-state index in [1.807, 2.05) is 19.1 Å². The van der Waals surface area contributed by atoms with Crippen molar-refractivity contribution in [3.8, 4) is 0 Å². The van der Waals surface area contributed by atoms with Crippen molar-refractivity contribution in [2.45, 2.75) is 13.5 Å². The van der Waals surface area contributed by atoms with Gasteiger partial charge in [0.15, 0.2) is 0 Å². The van der Waals surface area contributed by atoms with Crippen LogP contribution in [0.3, 0.4) is 0 Å². The Morgan fingerprint density at radius 1 is 1.37 bits per heavy atom. The minimum Gasteiger partial charge on any atom is -0.379 e. The number of anilines is 1. The van der Waals surface area contributed by atoms with Crippen molar-refractivity contribution < 1.29 is 13.2 Å². The predicted molar refractivity (Wildman–Crippen MR) is 74.0 cm³/mol. The zero-order valence-electron chi connectivity index (χ0n) is 10.9. The van der Waals surface area contributed by atoms with Gasteiger partial charge >= 0.3 is 10.2 Å². The second-order valence-corrected chi connectivity index (χ2v) is 6.09. The van der Waals surface area contributed by atoms with E-state index >= 15 is 0 Å². The Labute approximate surface area is 113 Å². The van der Waals surface area contributed by atoms with Crippen LogP contribution in [0.4, 0.5) is 5.69 Å². The molecule has 0 saturated carbocycles. The summed E-state index contributed by atoms with van der Waals surface area (Å²) in [4.78, 5) is 0. The van der Waals surface area contributed by atoms with Crippen LogP contribution in [0.1, 0.15) is 11.1 Å². The van der Waals surface area contributed by atoms with Gasteiger partial charge in [0.2, 0.25) is 0 Å². The highest BCUT2D eigenvalue weighted by Gasteiger charge is 2.24. The summed E-state index contributed by atoms with van der Waals surface area (Å²) in [6.45, 7) is 3.82. The number of hydrogen-bond donors (Lipinski definition) is 2. The minimum atomic E-state index is -3.54. The Hall–Kier alpha value is -1.15. The summed E-state index contributed by atoms with van der Waals surface area (Å²) in [5.41, 5.74) is 8.03. The molecular formula is C12H19N3O3S. The number of morpholine rings is 1. The Balaban J connectivity index is 2.22. The summed E-state index contributed by atoms with van der Waals surface area (Å²) in [6.07, 6.45) is 0. The molecule has 1 heterocycles. The summed E-state index contributed by atoms with van der Waals surface area (Å²) >= 11 is 0. The van der Waals surface area contributed by atoms with E-state index in [0.717, 1.165) is 11.1 Å². The predicted octanol–water partition coefficient (Wildman–Crippen LogP) is 0.443. The van der Waals surface area contributed by atoms with Crippen LogP contribution in [0.25, 0.3) is 0 Å². The third-order valence-electron chi connectivity index (χ3n) is 3.16. The summed E-state index contributed by atoms with van der Waals surface area (Å²) in [5.74, 6) is 0. The molecule has 6 nitrogen and oxygen atoms in total. The fourth-order valence-corrected chi connectivity index (χ4v) is 3.29. The van der Waals surface area contributed by atoms with Gasteiger partial charge in [0.1, 0.15) is 0 Å². The zero-order valence-corrected chi connectivity index (χ0v) is 11.7. The largest absolute Gasteiger partial charge is 0.379 e. The van der Waals surface area contributed by atoms with E-state index in [1.54, 1.807) is 6.07 Å². The SMILES string of the molecule is Cc1cccc(NS(=O)(=O)N2CCOCC2)c1CN. The third kappa shape index (κ3) is 3.24. The van der Waals surface area contributed by atoms with E-state index in [-0.39, 0.29) is 0 Å². The molecule has 1 fully saturated rings. The van der Waals surface area contributed by atoms with E-state index < -0.39 is 10.2 Å². The van der Waals surface area contributed by atoms with Gasteiger partial charge in [-0.05, 0) is 24.1 Å². The highest BCUT2D eigenvalue weighted by atomic mass is 32.2. The first kappa shape index (κ1) is 14.3. The van der Waals surface area contributed by atoms with Crippen molar-refractivity contribution in [2.75, 3.05) is 31.0 Å². The molecule has 1 aliphatic rings. The maximum Gasteiger partial charge on any atom is 0.301 e. The van der Waals surface area contributed by atoms with Gasteiger partial charge in [0, 0.05) is 19.6 Å². The topological polar surface area (TPSA) is 84.7 Å². The Morgan fingerprint density at radius 3 is 2.68 bits per heavy atom. The molecule has 1 aromatic rings. The van der Waals surface area contributed by atoms with Gasteiger partial charge in [-0.25, -0.2) is 0 Å². The molecular weight excluding hydrogens is 266 g/mol. The van der Waals surface area contributed by atoms with E-state index in [9.17, 15) is 8.42 Å². The van der Waals surface area contributed by atoms with Crippen LogP contribution in [0.5, 0.6) is 0 Å². The highest BCUT2D eigenvalue weighted by Crippen LogP contribution is 2.21. The molecule has 1 aliphatic heterocycles. The number of aryl methyl sites for hydroxylation is 1. The number of ether oxygens (including phenoxy) is 1. The Bertz CT molecular complexity index is 539. The van der Waals surface area contributed by atoms with Gasteiger partial charge in [-0.2, -0.15) is 12.7 Å². The fourth-order valence-electron chi connectivity index (χ4n) is 2.06. The maximum atomic E-state index is 12.3. The van der Waals surface area contributed by atoms with E-state index in [1.165, 1.54) is 4.31 Å². The minimum absolute atomic E-state index is 0.299. The van der Waals surface area contributed by atoms with Crippen LogP contribution in [-0.2, 0) is 21.5 Å². The average Bonchev–Trinajstić information content (AvgIpc) is 2.40. The number of nitrogens with two attached hydrogens (primary N) is 1.